The Morgan fingerprint density at radius 3 is 1.52 bits per heavy atom. The Labute approximate surface area is 182 Å². The molecule has 0 bridgehead atoms. The number of hydrogen-bond donors (Lipinski definition) is 2. The fraction of sp³-hybridized carbons (Fsp3) is 0.538. The molecule has 0 aliphatic carbocycles. The SMILES string of the molecule is CC(Nc1nc(N[C@@H](C)C(F)(F)F)nc(-n2ccc(C(F)(F)F)n2)n1)C(F)(F)F.S.S. The highest BCUT2D eigenvalue weighted by Gasteiger charge is 2.38. The third-order valence-electron chi connectivity index (χ3n) is 3.38. The molecule has 2 N–H and O–H groups in total. The minimum absolute atomic E-state index is 0. The van der Waals surface area contributed by atoms with Gasteiger partial charge in [0, 0.05) is 6.20 Å². The van der Waals surface area contributed by atoms with Gasteiger partial charge in [-0.05, 0) is 19.9 Å². The molecule has 0 radical (unpaired) electrons. The quantitative estimate of drug-likeness (QED) is 0.598. The first-order chi connectivity index (χ1) is 13.1. The van der Waals surface area contributed by atoms with E-state index in [0.29, 0.717) is 24.6 Å². The highest BCUT2D eigenvalue weighted by molar-refractivity contribution is 7.59. The lowest BCUT2D eigenvalue weighted by Gasteiger charge is -2.20. The van der Waals surface area contributed by atoms with E-state index in [4.69, 9.17) is 0 Å². The van der Waals surface area contributed by atoms with E-state index in [1.165, 1.54) is 0 Å². The maximum Gasteiger partial charge on any atom is 0.435 e. The summed E-state index contributed by atoms with van der Waals surface area (Å²) in [6, 6.07) is -3.90. The van der Waals surface area contributed by atoms with E-state index in [-0.39, 0.29) is 27.0 Å². The van der Waals surface area contributed by atoms with Crippen LogP contribution in [0.2, 0.25) is 0 Å². The lowest BCUT2D eigenvalue weighted by Crippen LogP contribution is -2.35. The zero-order valence-electron chi connectivity index (χ0n) is 15.4. The fourth-order valence-electron chi connectivity index (χ4n) is 1.73. The van der Waals surface area contributed by atoms with Gasteiger partial charge in [0.2, 0.25) is 11.9 Å². The van der Waals surface area contributed by atoms with E-state index in [1.54, 1.807) is 0 Å². The average molecular weight is 505 g/mol. The summed E-state index contributed by atoms with van der Waals surface area (Å²) in [7, 11) is 0. The van der Waals surface area contributed by atoms with Gasteiger partial charge in [0.25, 0.3) is 5.95 Å². The second kappa shape index (κ2) is 10.0. The Kier molecular flexibility index (Phi) is 9.33. The molecule has 0 spiro atoms. The molecule has 0 saturated heterocycles. The maximum absolute atomic E-state index is 12.7. The summed E-state index contributed by atoms with van der Waals surface area (Å²) in [5, 5.41) is 6.75. The lowest BCUT2D eigenvalue weighted by molar-refractivity contribution is -0.141. The smallest absolute Gasteiger partial charge is 0.343 e. The van der Waals surface area contributed by atoms with Crippen molar-refractivity contribution in [1.29, 1.82) is 0 Å². The number of anilines is 2. The average Bonchev–Trinajstić information content (AvgIpc) is 3.03. The van der Waals surface area contributed by atoms with Crippen LogP contribution < -0.4 is 10.6 Å². The van der Waals surface area contributed by atoms with E-state index >= 15 is 0 Å². The van der Waals surface area contributed by atoms with Gasteiger partial charge < -0.3 is 10.6 Å². The summed E-state index contributed by atoms with van der Waals surface area (Å²) in [6.07, 6.45) is -13.6. The van der Waals surface area contributed by atoms with Gasteiger partial charge in [-0.2, -0.15) is 86.6 Å². The first-order valence-electron chi connectivity index (χ1n) is 7.63. The van der Waals surface area contributed by atoms with Gasteiger partial charge in [-0.25, -0.2) is 4.68 Å². The molecule has 1 unspecified atom stereocenters. The predicted molar refractivity (Wildman–Crippen MR) is 101 cm³/mol. The molecule has 2 atom stereocenters. The van der Waals surface area contributed by atoms with Crippen molar-refractivity contribution >= 4 is 38.9 Å². The van der Waals surface area contributed by atoms with Crippen LogP contribution in [-0.4, -0.2) is 49.2 Å². The number of nitrogens with one attached hydrogen (secondary N) is 2. The van der Waals surface area contributed by atoms with Crippen molar-refractivity contribution in [2.75, 3.05) is 10.6 Å². The minimum Gasteiger partial charge on any atom is -0.343 e. The van der Waals surface area contributed by atoms with E-state index in [0.717, 1.165) is 6.20 Å². The molecule has 0 aromatic carbocycles. The minimum atomic E-state index is -4.84. The second-order valence-corrected chi connectivity index (χ2v) is 5.74. The maximum atomic E-state index is 12.7. The van der Waals surface area contributed by atoms with Gasteiger partial charge in [-0.15, -0.1) is 0 Å². The highest BCUT2D eigenvalue weighted by Crippen LogP contribution is 2.28. The van der Waals surface area contributed by atoms with Crippen LogP contribution in [0, 0.1) is 0 Å². The number of aromatic nitrogens is 5. The van der Waals surface area contributed by atoms with Crippen LogP contribution in [0.15, 0.2) is 12.3 Å². The zero-order valence-corrected chi connectivity index (χ0v) is 17.4. The molecule has 0 aliphatic heterocycles. The molecular formula is C13H16F9N7S2. The van der Waals surface area contributed by atoms with Crippen molar-refractivity contribution in [2.24, 2.45) is 0 Å². The van der Waals surface area contributed by atoms with Crippen LogP contribution in [0.3, 0.4) is 0 Å². The van der Waals surface area contributed by atoms with Crippen molar-refractivity contribution < 1.29 is 39.5 Å². The van der Waals surface area contributed by atoms with Crippen molar-refractivity contribution in [3.8, 4) is 5.95 Å². The van der Waals surface area contributed by atoms with Crippen molar-refractivity contribution in [2.45, 2.75) is 44.5 Å². The molecular weight excluding hydrogens is 489 g/mol. The molecule has 0 fully saturated rings. The summed E-state index contributed by atoms with van der Waals surface area (Å²) in [4.78, 5) is 10.4. The number of alkyl halides is 9. The number of hydrogen-bond acceptors (Lipinski definition) is 6. The van der Waals surface area contributed by atoms with Crippen molar-refractivity contribution in [3.05, 3.63) is 18.0 Å². The summed E-state index contributed by atoms with van der Waals surface area (Å²) in [6.45, 7) is 1.37. The number of rotatable bonds is 5. The largest absolute Gasteiger partial charge is 0.435 e. The molecule has 2 rings (SSSR count). The summed E-state index contributed by atoms with van der Waals surface area (Å²) in [5.74, 6) is -2.37. The summed E-state index contributed by atoms with van der Waals surface area (Å²) in [5.41, 5.74) is -1.37. The fourth-order valence-corrected chi connectivity index (χ4v) is 1.73. The Morgan fingerprint density at radius 2 is 1.19 bits per heavy atom. The third-order valence-corrected chi connectivity index (χ3v) is 3.38. The van der Waals surface area contributed by atoms with Crippen molar-refractivity contribution in [3.63, 3.8) is 0 Å². The highest BCUT2D eigenvalue weighted by atomic mass is 32.1. The third kappa shape index (κ3) is 7.82. The molecule has 2 heterocycles. The van der Waals surface area contributed by atoms with Gasteiger partial charge in [0.05, 0.1) is 0 Å². The molecule has 18 heteroatoms. The number of halogens is 9. The molecule has 0 amide bonds. The molecule has 2 aromatic rings. The van der Waals surface area contributed by atoms with Crippen molar-refractivity contribution in [1.82, 2.24) is 24.7 Å². The van der Waals surface area contributed by atoms with Crippen LogP contribution in [0.25, 0.3) is 5.95 Å². The molecule has 178 valence electrons. The predicted octanol–water partition coefficient (Wildman–Crippen LogP) is 4.03. The van der Waals surface area contributed by atoms with Crippen LogP contribution in [-0.2, 0) is 6.18 Å². The van der Waals surface area contributed by atoms with Gasteiger partial charge in [-0.1, -0.05) is 0 Å². The van der Waals surface area contributed by atoms with Gasteiger partial charge >= 0.3 is 18.5 Å². The molecule has 31 heavy (non-hydrogen) atoms. The Morgan fingerprint density at radius 1 is 0.774 bits per heavy atom. The molecule has 2 aromatic heterocycles. The molecule has 0 aliphatic rings. The number of nitrogens with zero attached hydrogens (tertiary/aromatic N) is 5. The van der Waals surface area contributed by atoms with E-state index in [1.807, 2.05) is 10.6 Å². The molecule has 7 nitrogen and oxygen atoms in total. The van der Waals surface area contributed by atoms with Crippen LogP contribution >= 0.6 is 27.0 Å². The van der Waals surface area contributed by atoms with Gasteiger partial charge in [0.15, 0.2) is 5.69 Å². The van der Waals surface area contributed by atoms with Crippen LogP contribution in [0.1, 0.15) is 19.5 Å². The normalized spacial score (nSPS) is 14.2. The van der Waals surface area contributed by atoms with Gasteiger partial charge in [0.1, 0.15) is 12.1 Å². The van der Waals surface area contributed by atoms with E-state index < -0.39 is 54.2 Å². The molecule has 0 saturated carbocycles. The Bertz CT molecular complexity index is 811. The van der Waals surface area contributed by atoms with Gasteiger partial charge in [-0.3, -0.25) is 0 Å². The zero-order chi connectivity index (χ0) is 22.2. The van der Waals surface area contributed by atoms with E-state index in [9.17, 15) is 39.5 Å². The van der Waals surface area contributed by atoms with Crippen LogP contribution in [0.4, 0.5) is 51.4 Å². The Hall–Kier alpha value is -2.11. The second-order valence-electron chi connectivity index (χ2n) is 5.74. The first-order valence-corrected chi connectivity index (χ1v) is 7.63. The van der Waals surface area contributed by atoms with E-state index in [2.05, 4.69) is 20.1 Å². The lowest BCUT2D eigenvalue weighted by atomic mass is 10.3. The Balaban J connectivity index is 0.00000450. The summed E-state index contributed by atoms with van der Waals surface area (Å²) >= 11 is 0. The summed E-state index contributed by atoms with van der Waals surface area (Å²) < 4.78 is 115. The monoisotopic (exact) mass is 505 g/mol. The first kappa shape index (κ1) is 28.9. The topological polar surface area (TPSA) is 80.5 Å². The standard InChI is InChI=1S/C13H12F9N7.2H2S/c1-5(11(14,15)16)23-8-25-9(24-6(2)12(17,18)19)27-10(26-8)29-4-3-7(28-29)13(20,21)22;;/h3-6H,1-2H3,(H2,23,24,25,26,27);2*1H2/t5-,6?;;/m0../s1. The van der Waals surface area contributed by atoms with Crippen LogP contribution in [0.5, 0.6) is 0 Å².